The largest absolute Gasteiger partial charge is 0.378 e. The van der Waals surface area contributed by atoms with Gasteiger partial charge in [-0.1, -0.05) is 5.92 Å². The number of aliphatic hydroxyl groups is 1. The van der Waals surface area contributed by atoms with Gasteiger partial charge in [0.2, 0.25) is 5.91 Å². The highest BCUT2D eigenvalue weighted by atomic mass is 16.3. The second-order valence-electron chi connectivity index (χ2n) is 5.23. The average molecular weight is 258 g/mol. The summed E-state index contributed by atoms with van der Waals surface area (Å²) >= 11 is 0. The molecule has 0 bridgehead atoms. The van der Waals surface area contributed by atoms with Gasteiger partial charge in [-0.05, 0) is 30.5 Å². The third-order valence-corrected chi connectivity index (χ3v) is 3.64. The van der Waals surface area contributed by atoms with Crippen LogP contribution in [-0.2, 0) is 11.2 Å². The van der Waals surface area contributed by atoms with Crippen LogP contribution in [0.1, 0.15) is 36.9 Å². The standard InChI is InChI=1S/C15H18N2O2/c1-4-15(2,19)9-11-7-8-16-10-12(11)13-5-6-14(18)17(13)3/h1,7-8,10,13,19H,5-6,9H2,2-3H3. The molecule has 100 valence electrons. The molecule has 0 spiro atoms. The van der Waals surface area contributed by atoms with Crippen molar-refractivity contribution in [3.63, 3.8) is 0 Å². The molecule has 4 heteroatoms. The number of hydrogen-bond donors (Lipinski definition) is 1. The van der Waals surface area contributed by atoms with Crippen molar-refractivity contribution >= 4 is 5.91 Å². The van der Waals surface area contributed by atoms with Crippen LogP contribution in [0.15, 0.2) is 18.5 Å². The van der Waals surface area contributed by atoms with Crippen LogP contribution in [-0.4, -0.2) is 33.5 Å². The maximum Gasteiger partial charge on any atom is 0.222 e. The van der Waals surface area contributed by atoms with Gasteiger partial charge in [-0.25, -0.2) is 0 Å². The highest BCUT2D eigenvalue weighted by molar-refractivity contribution is 5.78. The molecule has 4 nitrogen and oxygen atoms in total. The lowest BCUT2D eigenvalue weighted by Gasteiger charge is -2.24. The summed E-state index contributed by atoms with van der Waals surface area (Å²) in [7, 11) is 1.80. The second kappa shape index (κ2) is 5.02. The van der Waals surface area contributed by atoms with Crippen LogP contribution in [0.4, 0.5) is 0 Å². The number of likely N-dealkylation sites (tertiary alicyclic amines) is 1. The summed E-state index contributed by atoms with van der Waals surface area (Å²) < 4.78 is 0. The average Bonchev–Trinajstić information content (AvgIpc) is 2.71. The summed E-state index contributed by atoms with van der Waals surface area (Å²) in [5.41, 5.74) is 0.743. The van der Waals surface area contributed by atoms with Crippen LogP contribution >= 0.6 is 0 Å². The Hall–Kier alpha value is -1.86. The number of amides is 1. The molecule has 2 rings (SSSR count). The Balaban J connectivity index is 2.32. The highest BCUT2D eigenvalue weighted by Gasteiger charge is 2.31. The van der Waals surface area contributed by atoms with Crippen LogP contribution in [0, 0.1) is 12.3 Å². The molecule has 0 aliphatic carbocycles. The Kier molecular flexibility index (Phi) is 3.59. The number of nitrogens with zero attached hydrogens (tertiary/aromatic N) is 2. The second-order valence-corrected chi connectivity index (χ2v) is 5.23. The van der Waals surface area contributed by atoms with Crippen LogP contribution in [0.5, 0.6) is 0 Å². The quantitative estimate of drug-likeness (QED) is 0.831. The maximum atomic E-state index is 11.6. The van der Waals surface area contributed by atoms with Crippen molar-refractivity contribution < 1.29 is 9.90 Å². The van der Waals surface area contributed by atoms with Crippen molar-refractivity contribution in [1.82, 2.24) is 9.88 Å². The number of carbonyl (C=O) groups is 1. The molecule has 1 aliphatic heterocycles. The zero-order chi connectivity index (χ0) is 14.0. The summed E-state index contributed by atoms with van der Waals surface area (Å²) in [5.74, 6) is 2.52. The van der Waals surface area contributed by atoms with Crippen LogP contribution in [0.3, 0.4) is 0 Å². The van der Waals surface area contributed by atoms with Gasteiger partial charge in [-0.3, -0.25) is 9.78 Å². The lowest BCUT2D eigenvalue weighted by Crippen LogP contribution is -2.27. The molecule has 0 aromatic carbocycles. The van der Waals surface area contributed by atoms with E-state index in [0.29, 0.717) is 12.8 Å². The number of pyridine rings is 1. The third kappa shape index (κ3) is 2.77. The highest BCUT2D eigenvalue weighted by Crippen LogP contribution is 2.33. The zero-order valence-electron chi connectivity index (χ0n) is 11.3. The van der Waals surface area contributed by atoms with Crippen molar-refractivity contribution in [1.29, 1.82) is 0 Å². The SMILES string of the molecule is C#CC(C)(O)Cc1ccncc1C1CCC(=O)N1C. The Labute approximate surface area is 113 Å². The van der Waals surface area contributed by atoms with Crippen LogP contribution in [0.2, 0.25) is 0 Å². The molecule has 1 amide bonds. The minimum absolute atomic E-state index is 0.0322. The van der Waals surface area contributed by atoms with Gasteiger partial charge in [-0.2, -0.15) is 0 Å². The molecule has 1 aromatic rings. The van der Waals surface area contributed by atoms with Gasteiger partial charge >= 0.3 is 0 Å². The van der Waals surface area contributed by atoms with Crippen molar-refractivity contribution in [2.45, 2.75) is 37.8 Å². The summed E-state index contributed by atoms with van der Waals surface area (Å²) in [6.45, 7) is 1.61. The van der Waals surface area contributed by atoms with E-state index in [-0.39, 0.29) is 11.9 Å². The summed E-state index contributed by atoms with van der Waals surface area (Å²) in [6.07, 6.45) is 10.5. The number of rotatable bonds is 3. The van der Waals surface area contributed by atoms with Gasteiger partial charge in [0.1, 0.15) is 5.60 Å². The van der Waals surface area contributed by atoms with E-state index in [1.54, 1.807) is 31.3 Å². The first-order valence-electron chi connectivity index (χ1n) is 6.33. The minimum atomic E-state index is -1.18. The summed E-state index contributed by atoms with van der Waals surface area (Å²) in [5, 5.41) is 10.0. The third-order valence-electron chi connectivity index (χ3n) is 3.64. The van der Waals surface area contributed by atoms with Crippen molar-refractivity contribution in [3.8, 4) is 12.3 Å². The van der Waals surface area contributed by atoms with E-state index in [9.17, 15) is 9.90 Å². The predicted octanol–water partition coefficient (Wildman–Crippen LogP) is 1.30. The topological polar surface area (TPSA) is 53.4 Å². The van der Waals surface area contributed by atoms with E-state index in [4.69, 9.17) is 6.42 Å². The number of carbonyl (C=O) groups excluding carboxylic acids is 1. The number of aromatic nitrogens is 1. The van der Waals surface area contributed by atoms with E-state index in [0.717, 1.165) is 17.5 Å². The first-order chi connectivity index (χ1) is 8.94. The Bertz CT molecular complexity index is 531. The van der Waals surface area contributed by atoms with E-state index in [1.165, 1.54) is 0 Å². The fourth-order valence-electron chi connectivity index (χ4n) is 2.49. The normalized spacial score (nSPS) is 22.1. The van der Waals surface area contributed by atoms with Gasteiger partial charge in [0.05, 0.1) is 6.04 Å². The van der Waals surface area contributed by atoms with Gasteiger partial charge in [0.15, 0.2) is 0 Å². The Morgan fingerprint density at radius 2 is 2.42 bits per heavy atom. The van der Waals surface area contributed by atoms with Gasteiger partial charge in [0.25, 0.3) is 0 Å². The van der Waals surface area contributed by atoms with E-state index in [1.807, 2.05) is 6.07 Å². The van der Waals surface area contributed by atoms with Crippen molar-refractivity contribution in [2.24, 2.45) is 0 Å². The first-order valence-corrected chi connectivity index (χ1v) is 6.33. The predicted molar refractivity (Wildman–Crippen MR) is 72.1 cm³/mol. The van der Waals surface area contributed by atoms with Gasteiger partial charge in [0, 0.05) is 32.3 Å². The lowest BCUT2D eigenvalue weighted by atomic mass is 9.91. The molecule has 1 N–H and O–H groups in total. The van der Waals surface area contributed by atoms with Crippen molar-refractivity contribution in [3.05, 3.63) is 29.6 Å². The summed E-state index contributed by atoms with van der Waals surface area (Å²) in [6, 6.07) is 1.89. The zero-order valence-corrected chi connectivity index (χ0v) is 11.3. The Morgan fingerprint density at radius 3 is 3.00 bits per heavy atom. The molecule has 1 fully saturated rings. The van der Waals surface area contributed by atoms with Gasteiger partial charge in [-0.15, -0.1) is 6.42 Å². The molecule has 2 atom stereocenters. The monoisotopic (exact) mass is 258 g/mol. The fourth-order valence-corrected chi connectivity index (χ4v) is 2.49. The van der Waals surface area contributed by atoms with E-state index in [2.05, 4.69) is 10.9 Å². The van der Waals surface area contributed by atoms with E-state index >= 15 is 0 Å². The molecular weight excluding hydrogens is 240 g/mol. The molecular formula is C15H18N2O2. The first kappa shape index (κ1) is 13.6. The minimum Gasteiger partial charge on any atom is -0.378 e. The summed E-state index contributed by atoms with van der Waals surface area (Å²) in [4.78, 5) is 17.5. The van der Waals surface area contributed by atoms with E-state index < -0.39 is 5.60 Å². The molecule has 19 heavy (non-hydrogen) atoms. The van der Waals surface area contributed by atoms with Crippen LogP contribution < -0.4 is 0 Å². The molecule has 0 saturated carbocycles. The number of terminal acetylenes is 1. The fraction of sp³-hybridized carbons (Fsp3) is 0.467. The smallest absolute Gasteiger partial charge is 0.222 e. The van der Waals surface area contributed by atoms with Gasteiger partial charge < -0.3 is 10.0 Å². The molecule has 1 aromatic heterocycles. The molecule has 2 unspecified atom stereocenters. The maximum absolute atomic E-state index is 11.6. The van der Waals surface area contributed by atoms with Crippen LogP contribution in [0.25, 0.3) is 0 Å². The lowest BCUT2D eigenvalue weighted by molar-refractivity contribution is -0.127. The molecule has 0 radical (unpaired) electrons. The Morgan fingerprint density at radius 1 is 1.68 bits per heavy atom. The molecule has 2 heterocycles. The molecule has 1 aliphatic rings. The van der Waals surface area contributed by atoms with Crippen molar-refractivity contribution in [2.75, 3.05) is 7.05 Å². The number of hydrogen-bond acceptors (Lipinski definition) is 3. The molecule has 1 saturated heterocycles.